The molecule has 2 heterocycles. The van der Waals surface area contributed by atoms with E-state index in [1.807, 2.05) is 24.3 Å². The van der Waals surface area contributed by atoms with Crippen molar-refractivity contribution in [1.29, 1.82) is 0 Å². The van der Waals surface area contributed by atoms with Crippen molar-refractivity contribution in [2.45, 2.75) is 30.4 Å². The van der Waals surface area contributed by atoms with Crippen molar-refractivity contribution in [2.75, 3.05) is 23.9 Å². The van der Waals surface area contributed by atoms with Crippen molar-refractivity contribution < 1.29 is 19.1 Å². The standard InChI is InChI=1S/C18H19N3O4S2/c1-5-25-14(22)13-10(2)19-17(26-13)20-15(23)18(3)16(24)21(4)11-8-6-7-9-12(11)27-18/h6-9H,5H2,1-4H3,(H,19,20,23). The second kappa shape index (κ2) is 7.32. The minimum atomic E-state index is -1.34. The number of amides is 2. The molecular weight excluding hydrogens is 386 g/mol. The van der Waals surface area contributed by atoms with Crippen LogP contribution in [-0.4, -0.2) is 41.2 Å². The lowest BCUT2D eigenvalue weighted by Crippen LogP contribution is -2.53. The van der Waals surface area contributed by atoms with Crippen LogP contribution in [0.15, 0.2) is 29.2 Å². The summed E-state index contributed by atoms with van der Waals surface area (Å²) < 4.78 is 3.65. The number of anilines is 2. The van der Waals surface area contributed by atoms with E-state index in [0.717, 1.165) is 21.9 Å². The Morgan fingerprint density at radius 1 is 1.33 bits per heavy atom. The van der Waals surface area contributed by atoms with Crippen molar-refractivity contribution in [1.82, 2.24) is 4.98 Å². The third kappa shape index (κ3) is 3.44. The van der Waals surface area contributed by atoms with E-state index in [0.29, 0.717) is 10.6 Å². The molecule has 0 spiro atoms. The van der Waals surface area contributed by atoms with Gasteiger partial charge >= 0.3 is 5.97 Å². The molecule has 2 aromatic rings. The average molecular weight is 406 g/mol. The zero-order valence-electron chi connectivity index (χ0n) is 15.4. The summed E-state index contributed by atoms with van der Waals surface area (Å²) in [5.41, 5.74) is 1.25. The Morgan fingerprint density at radius 2 is 2.04 bits per heavy atom. The minimum absolute atomic E-state index is 0.257. The Bertz CT molecular complexity index is 927. The lowest BCUT2D eigenvalue weighted by atomic mass is 10.1. The second-order valence-corrected chi connectivity index (χ2v) is 8.53. The smallest absolute Gasteiger partial charge is 0.350 e. The number of aryl methyl sites for hydroxylation is 1. The molecule has 7 nitrogen and oxygen atoms in total. The zero-order valence-corrected chi connectivity index (χ0v) is 17.0. The van der Waals surface area contributed by atoms with E-state index in [2.05, 4.69) is 10.3 Å². The van der Waals surface area contributed by atoms with E-state index in [9.17, 15) is 14.4 Å². The number of ether oxygens (including phenoxy) is 1. The number of hydrogen-bond acceptors (Lipinski definition) is 7. The topological polar surface area (TPSA) is 88.6 Å². The number of benzene rings is 1. The van der Waals surface area contributed by atoms with Crippen LogP contribution in [-0.2, 0) is 14.3 Å². The number of para-hydroxylation sites is 1. The van der Waals surface area contributed by atoms with E-state index in [1.54, 1.807) is 27.8 Å². The van der Waals surface area contributed by atoms with Crippen LogP contribution >= 0.6 is 23.1 Å². The van der Waals surface area contributed by atoms with Crippen LogP contribution in [0.3, 0.4) is 0 Å². The SMILES string of the molecule is CCOC(=O)c1sc(NC(=O)C2(C)Sc3ccccc3N(C)C2=O)nc1C. The summed E-state index contributed by atoms with van der Waals surface area (Å²) in [6.07, 6.45) is 0. The first-order chi connectivity index (χ1) is 12.8. The van der Waals surface area contributed by atoms with E-state index < -0.39 is 16.6 Å². The normalized spacial score (nSPS) is 18.8. The molecule has 1 N–H and O–H groups in total. The summed E-state index contributed by atoms with van der Waals surface area (Å²) in [7, 11) is 1.65. The van der Waals surface area contributed by atoms with Crippen molar-refractivity contribution in [2.24, 2.45) is 0 Å². The second-order valence-electron chi connectivity index (χ2n) is 6.08. The van der Waals surface area contributed by atoms with Crippen LogP contribution < -0.4 is 10.2 Å². The third-order valence-electron chi connectivity index (χ3n) is 4.16. The van der Waals surface area contributed by atoms with Gasteiger partial charge in [0, 0.05) is 11.9 Å². The van der Waals surface area contributed by atoms with Crippen LogP contribution in [0.4, 0.5) is 10.8 Å². The number of thiazole rings is 1. The molecule has 0 fully saturated rings. The summed E-state index contributed by atoms with van der Waals surface area (Å²) in [6, 6.07) is 7.43. The summed E-state index contributed by atoms with van der Waals surface area (Å²) >= 11 is 2.24. The molecule has 1 aromatic heterocycles. The van der Waals surface area contributed by atoms with E-state index >= 15 is 0 Å². The number of fused-ring (bicyclic) bond motifs is 1. The van der Waals surface area contributed by atoms with Crippen LogP contribution in [0.2, 0.25) is 0 Å². The van der Waals surface area contributed by atoms with Gasteiger partial charge in [0.2, 0.25) is 0 Å². The van der Waals surface area contributed by atoms with Gasteiger partial charge in [-0.1, -0.05) is 35.2 Å². The zero-order chi connectivity index (χ0) is 19.8. The first-order valence-corrected chi connectivity index (χ1v) is 9.93. The molecule has 0 saturated heterocycles. The highest BCUT2D eigenvalue weighted by Crippen LogP contribution is 2.45. The molecule has 27 heavy (non-hydrogen) atoms. The van der Waals surface area contributed by atoms with Crippen molar-refractivity contribution in [3.63, 3.8) is 0 Å². The molecule has 0 aliphatic carbocycles. The van der Waals surface area contributed by atoms with E-state index in [4.69, 9.17) is 4.74 Å². The number of aromatic nitrogens is 1. The monoisotopic (exact) mass is 405 g/mol. The predicted molar refractivity (Wildman–Crippen MR) is 106 cm³/mol. The number of carbonyl (C=O) groups excluding carboxylic acids is 3. The van der Waals surface area contributed by atoms with Gasteiger partial charge in [-0.15, -0.1) is 0 Å². The van der Waals surface area contributed by atoms with Gasteiger partial charge in [0.15, 0.2) is 9.88 Å². The van der Waals surface area contributed by atoms with Crippen LogP contribution in [0.25, 0.3) is 0 Å². The van der Waals surface area contributed by atoms with Gasteiger partial charge in [0.1, 0.15) is 4.88 Å². The van der Waals surface area contributed by atoms with Crippen LogP contribution in [0.5, 0.6) is 0 Å². The molecule has 0 bridgehead atoms. The van der Waals surface area contributed by atoms with Gasteiger partial charge in [-0.3, -0.25) is 9.59 Å². The minimum Gasteiger partial charge on any atom is -0.462 e. The Kier molecular flexibility index (Phi) is 5.25. The Hall–Kier alpha value is -2.39. The van der Waals surface area contributed by atoms with Gasteiger partial charge in [-0.25, -0.2) is 9.78 Å². The van der Waals surface area contributed by atoms with Crippen LogP contribution in [0.1, 0.15) is 29.2 Å². The molecule has 2 amide bonds. The number of rotatable bonds is 4. The average Bonchev–Trinajstić information content (AvgIpc) is 3.00. The third-order valence-corrected chi connectivity index (χ3v) is 6.55. The summed E-state index contributed by atoms with van der Waals surface area (Å²) in [6.45, 7) is 5.24. The van der Waals surface area contributed by atoms with Gasteiger partial charge < -0.3 is 15.0 Å². The maximum Gasteiger partial charge on any atom is 0.350 e. The van der Waals surface area contributed by atoms with E-state index in [1.165, 1.54) is 16.7 Å². The molecular formula is C18H19N3O4S2. The highest BCUT2D eigenvalue weighted by molar-refractivity contribution is 8.02. The fourth-order valence-corrected chi connectivity index (χ4v) is 4.83. The highest BCUT2D eigenvalue weighted by Gasteiger charge is 2.48. The molecule has 1 aromatic carbocycles. The number of carbonyl (C=O) groups is 3. The number of esters is 1. The van der Waals surface area contributed by atoms with Gasteiger partial charge in [0.05, 0.1) is 18.0 Å². The lowest BCUT2D eigenvalue weighted by Gasteiger charge is -2.36. The number of hydrogen-bond donors (Lipinski definition) is 1. The van der Waals surface area contributed by atoms with Gasteiger partial charge in [-0.2, -0.15) is 0 Å². The highest BCUT2D eigenvalue weighted by atomic mass is 32.2. The Labute approximate surface area is 165 Å². The maximum absolute atomic E-state index is 12.9. The maximum atomic E-state index is 12.9. The Morgan fingerprint density at radius 3 is 2.74 bits per heavy atom. The number of thioether (sulfide) groups is 1. The van der Waals surface area contributed by atoms with Crippen molar-refractivity contribution in [3.8, 4) is 0 Å². The quantitative estimate of drug-likeness (QED) is 0.621. The molecule has 1 atom stereocenters. The largest absolute Gasteiger partial charge is 0.462 e. The molecule has 0 radical (unpaired) electrons. The summed E-state index contributed by atoms with van der Waals surface area (Å²) in [4.78, 5) is 44.6. The fraction of sp³-hybridized carbons (Fsp3) is 0.333. The molecule has 1 aliphatic rings. The predicted octanol–water partition coefficient (Wildman–Crippen LogP) is 3.09. The summed E-state index contributed by atoms with van der Waals surface area (Å²) in [5.74, 6) is -1.28. The summed E-state index contributed by atoms with van der Waals surface area (Å²) in [5, 5.41) is 2.95. The first-order valence-electron chi connectivity index (χ1n) is 8.30. The molecule has 1 unspecified atom stereocenters. The van der Waals surface area contributed by atoms with Crippen molar-refractivity contribution in [3.05, 3.63) is 34.8 Å². The molecule has 3 rings (SSSR count). The molecule has 142 valence electrons. The van der Waals surface area contributed by atoms with Gasteiger partial charge in [0.25, 0.3) is 11.8 Å². The lowest BCUT2D eigenvalue weighted by molar-refractivity contribution is -0.128. The van der Waals surface area contributed by atoms with Crippen LogP contribution in [0, 0.1) is 6.92 Å². The number of nitrogens with zero attached hydrogens (tertiary/aromatic N) is 2. The fourth-order valence-electron chi connectivity index (χ4n) is 2.71. The first kappa shape index (κ1) is 19.4. The van der Waals surface area contributed by atoms with Gasteiger partial charge in [-0.05, 0) is 32.9 Å². The van der Waals surface area contributed by atoms with Crippen molar-refractivity contribution >= 4 is 51.7 Å². The Balaban J connectivity index is 1.85. The number of nitrogens with one attached hydrogen (secondary N) is 1. The van der Waals surface area contributed by atoms with E-state index in [-0.39, 0.29) is 17.6 Å². The molecule has 1 aliphatic heterocycles. The molecule has 9 heteroatoms. The molecule has 0 saturated carbocycles.